The van der Waals surface area contributed by atoms with Crippen LogP contribution >= 0.6 is 11.6 Å². The molecule has 1 aliphatic rings. The standard InChI is InChI=1S/C19H21ClN4O3/c1-2-27-19(26)24-10-8-23(9-11-24)17-7-6-14(13-21-17)18(25)22-16-5-3-4-15(20)12-16/h3-7,12-13H,2,8-11H2,1H3,(H,22,25). The van der Waals surface area contributed by atoms with Crippen molar-refractivity contribution in [1.82, 2.24) is 9.88 Å². The van der Waals surface area contributed by atoms with Crippen molar-refractivity contribution in [3.63, 3.8) is 0 Å². The van der Waals surface area contributed by atoms with Gasteiger partial charge in [0.25, 0.3) is 5.91 Å². The van der Waals surface area contributed by atoms with Crippen molar-refractivity contribution in [2.24, 2.45) is 0 Å². The van der Waals surface area contributed by atoms with Gasteiger partial charge in [0.15, 0.2) is 0 Å². The number of nitrogens with one attached hydrogen (secondary N) is 1. The SMILES string of the molecule is CCOC(=O)N1CCN(c2ccc(C(=O)Nc3cccc(Cl)c3)cn2)CC1. The van der Waals surface area contributed by atoms with Crippen molar-refractivity contribution in [3.8, 4) is 0 Å². The van der Waals surface area contributed by atoms with Crippen LogP contribution < -0.4 is 10.2 Å². The predicted molar refractivity (Wildman–Crippen MR) is 104 cm³/mol. The van der Waals surface area contributed by atoms with E-state index in [9.17, 15) is 9.59 Å². The summed E-state index contributed by atoms with van der Waals surface area (Å²) in [6, 6.07) is 10.5. The van der Waals surface area contributed by atoms with Crippen LogP contribution in [0.5, 0.6) is 0 Å². The average molecular weight is 389 g/mol. The molecule has 3 rings (SSSR count). The molecule has 1 aromatic carbocycles. The van der Waals surface area contributed by atoms with Gasteiger partial charge in [-0.25, -0.2) is 9.78 Å². The number of carbonyl (C=O) groups excluding carboxylic acids is 2. The lowest BCUT2D eigenvalue weighted by molar-refractivity contribution is 0.102. The summed E-state index contributed by atoms with van der Waals surface area (Å²) < 4.78 is 5.02. The van der Waals surface area contributed by atoms with Gasteiger partial charge in [0.2, 0.25) is 0 Å². The number of rotatable bonds is 4. The van der Waals surface area contributed by atoms with Gasteiger partial charge in [-0.2, -0.15) is 0 Å². The zero-order valence-corrected chi connectivity index (χ0v) is 15.8. The van der Waals surface area contributed by atoms with E-state index in [0.717, 1.165) is 5.82 Å². The fourth-order valence-electron chi connectivity index (χ4n) is 2.81. The highest BCUT2D eigenvalue weighted by atomic mass is 35.5. The molecule has 1 N–H and O–H groups in total. The van der Waals surface area contributed by atoms with Gasteiger partial charge in [0.1, 0.15) is 5.82 Å². The summed E-state index contributed by atoms with van der Waals surface area (Å²) in [5, 5.41) is 3.35. The Bertz CT molecular complexity index is 805. The highest BCUT2D eigenvalue weighted by Gasteiger charge is 2.22. The fourth-order valence-corrected chi connectivity index (χ4v) is 3.00. The zero-order chi connectivity index (χ0) is 19.2. The first-order valence-electron chi connectivity index (χ1n) is 8.76. The monoisotopic (exact) mass is 388 g/mol. The maximum Gasteiger partial charge on any atom is 0.409 e. The van der Waals surface area contributed by atoms with Crippen LogP contribution in [0.4, 0.5) is 16.3 Å². The topological polar surface area (TPSA) is 74.8 Å². The van der Waals surface area contributed by atoms with E-state index in [1.54, 1.807) is 48.4 Å². The van der Waals surface area contributed by atoms with Crippen LogP contribution in [0.1, 0.15) is 17.3 Å². The molecule has 142 valence electrons. The Kier molecular flexibility index (Phi) is 6.13. The lowest BCUT2D eigenvalue weighted by atomic mass is 10.2. The number of piperazine rings is 1. The van der Waals surface area contributed by atoms with Crippen LogP contribution in [0.2, 0.25) is 5.02 Å². The molecule has 1 aromatic heterocycles. The van der Waals surface area contributed by atoms with Crippen molar-refractivity contribution in [2.45, 2.75) is 6.92 Å². The maximum absolute atomic E-state index is 12.3. The Hall–Kier alpha value is -2.80. The van der Waals surface area contributed by atoms with E-state index in [4.69, 9.17) is 16.3 Å². The first kappa shape index (κ1) is 19.0. The Labute approximate surface area is 162 Å². The molecule has 1 aliphatic heterocycles. The number of nitrogens with zero attached hydrogens (tertiary/aromatic N) is 3. The van der Waals surface area contributed by atoms with Gasteiger partial charge in [-0.05, 0) is 37.3 Å². The second kappa shape index (κ2) is 8.73. The summed E-state index contributed by atoms with van der Waals surface area (Å²) in [7, 11) is 0. The molecule has 0 bridgehead atoms. The largest absolute Gasteiger partial charge is 0.450 e. The van der Waals surface area contributed by atoms with Gasteiger partial charge >= 0.3 is 6.09 Å². The highest BCUT2D eigenvalue weighted by Crippen LogP contribution is 2.18. The molecule has 2 aromatic rings. The van der Waals surface area contributed by atoms with Crippen LogP contribution in [-0.4, -0.2) is 54.7 Å². The Morgan fingerprint density at radius 2 is 1.96 bits per heavy atom. The highest BCUT2D eigenvalue weighted by molar-refractivity contribution is 6.30. The van der Waals surface area contributed by atoms with Gasteiger partial charge in [-0.1, -0.05) is 17.7 Å². The second-order valence-corrected chi connectivity index (χ2v) is 6.48. The quantitative estimate of drug-likeness (QED) is 0.870. The van der Waals surface area contributed by atoms with E-state index < -0.39 is 0 Å². The van der Waals surface area contributed by atoms with Gasteiger partial charge in [-0.3, -0.25) is 4.79 Å². The zero-order valence-electron chi connectivity index (χ0n) is 15.0. The Balaban J connectivity index is 1.57. The normalized spacial score (nSPS) is 14.0. The Morgan fingerprint density at radius 1 is 1.19 bits per heavy atom. The number of anilines is 2. The molecule has 1 fully saturated rings. The summed E-state index contributed by atoms with van der Waals surface area (Å²) in [5.74, 6) is 0.529. The number of pyridine rings is 1. The second-order valence-electron chi connectivity index (χ2n) is 6.04. The number of hydrogen-bond donors (Lipinski definition) is 1. The van der Waals surface area contributed by atoms with Gasteiger partial charge < -0.3 is 19.9 Å². The first-order valence-corrected chi connectivity index (χ1v) is 9.14. The van der Waals surface area contributed by atoms with Crippen molar-refractivity contribution < 1.29 is 14.3 Å². The number of benzene rings is 1. The van der Waals surface area contributed by atoms with Crippen LogP contribution in [0.25, 0.3) is 0 Å². The van der Waals surface area contributed by atoms with Crippen LogP contribution in [0.15, 0.2) is 42.6 Å². The molecule has 0 radical (unpaired) electrons. The lowest BCUT2D eigenvalue weighted by Gasteiger charge is -2.34. The molecule has 8 heteroatoms. The maximum atomic E-state index is 12.3. The molecule has 0 spiro atoms. The van der Waals surface area contributed by atoms with E-state index >= 15 is 0 Å². The van der Waals surface area contributed by atoms with E-state index in [-0.39, 0.29) is 12.0 Å². The predicted octanol–water partition coefficient (Wildman–Crippen LogP) is 3.27. The van der Waals surface area contributed by atoms with E-state index in [1.165, 1.54) is 0 Å². The van der Waals surface area contributed by atoms with Crippen LogP contribution in [0, 0.1) is 0 Å². The summed E-state index contributed by atoms with van der Waals surface area (Å²) in [5.41, 5.74) is 1.09. The molecule has 2 amide bonds. The van der Waals surface area contributed by atoms with E-state index in [2.05, 4.69) is 15.2 Å². The van der Waals surface area contributed by atoms with E-state index in [0.29, 0.717) is 49.1 Å². The number of hydrogen-bond acceptors (Lipinski definition) is 5. The molecule has 2 heterocycles. The molecule has 0 unspecified atom stereocenters. The van der Waals surface area contributed by atoms with Crippen molar-refractivity contribution in [1.29, 1.82) is 0 Å². The Morgan fingerprint density at radius 3 is 2.59 bits per heavy atom. The number of ether oxygens (including phenoxy) is 1. The molecule has 7 nitrogen and oxygen atoms in total. The smallest absolute Gasteiger partial charge is 0.409 e. The van der Waals surface area contributed by atoms with Crippen LogP contribution in [0.3, 0.4) is 0 Å². The summed E-state index contributed by atoms with van der Waals surface area (Å²) in [6.45, 7) is 4.66. The summed E-state index contributed by atoms with van der Waals surface area (Å²) in [4.78, 5) is 32.2. The number of halogens is 1. The molecular formula is C19H21ClN4O3. The summed E-state index contributed by atoms with van der Waals surface area (Å²) in [6.07, 6.45) is 1.27. The number of aromatic nitrogens is 1. The van der Waals surface area contributed by atoms with Crippen molar-refractivity contribution in [2.75, 3.05) is 43.0 Å². The minimum atomic E-state index is -0.279. The third kappa shape index (κ3) is 4.89. The average Bonchev–Trinajstić information content (AvgIpc) is 2.68. The number of amides is 2. The number of carbonyl (C=O) groups is 2. The van der Waals surface area contributed by atoms with Crippen molar-refractivity contribution >= 4 is 35.1 Å². The molecule has 0 saturated carbocycles. The fraction of sp³-hybridized carbons (Fsp3) is 0.316. The minimum Gasteiger partial charge on any atom is -0.450 e. The van der Waals surface area contributed by atoms with Crippen molar-refractivity contribution in [3.05, 3.63) is 53.2 Å². The molecule has 1 saturated heterocycles. The lowest BCUT2D eigenvalue weighted by Crippen LogP contribution is -2.49. The molecule has 0 aliphatic carbocycles. The molecule has 27 heavy (non-hydrogen) atoms. The summed E-state index contributed by atoms with van der Waals surface area (Å²) >= 11 is 5.93. The third-order valence-electron chi connectivity index (χ3n) is 4.22. The first-order chi connectivity index (χ1) is 13.1. The molecule has 0 atom stereocenters. The van der Waals surface area contributed by atoms with Gasteiger partial charge in [-0.15, -0.1) is 0 Å². The van der Waals surface area contributed by atoms with Gasteiger partial charge in [0.05, 0.1) is 12.2 Å². The van der Waals surface area contributed by atoms with E-state index in [1.807, 2.05) is 6.07 Å². The third-order valence-corrected chi connectivity index (χ3v) is 4.46. The van der Waals surface area contributed by atoms with Gasteiger partial charge in [0, 0.05) is 43.1 Å². The van der Waals surface area contributed by atoms with Crippen LogP contribution in [-0.2, 0) is 4.74 Å². The molecular weight excluding hydrogens is 368 g/mol. The minimum absolute atomic E-state index is 0.247.